The molecule has 2 unspecified atom stereocenters. The third-order valence-electron chi connectivity index (χ3n) is 4.84. The van der Waals surface area contributed by atoms with Gasteiger partial charge in [-0.15, -0.1) is 0 Å². The van der Waals surface area contributed by atoms with E-state index in [1.165, 1.54) is 0 Å². The average molecular weight is 345 g/mol. The van der Waals surface area contributed by atoms with Gasteiger partial charge in [-0.1, -0.05) is 6.07 Å². The minimum atomic E-state index is -0.998. The molecule has 3 N–H and O–H groups in total. The topological polar surface area (TPSA) is 82.7 Å². The fourth-order valence-corrected chi connectivity index (χ4v) is 3.77. The van der Waals surface area contributed by atoms with E-state index in [0.717, 1.165) is 53.3 Å². The van der Waals surface area contributed by atoms with Crippen LogP contribution in [-0.4, -0.2) is 28.6 Å². The van der Waals surface area contributed by atoms with Gasteiger partial charge in [0.15, 0.2) is 0 Å². The van der Waals surface area contributed by atoms with Gasteiger partial charge in [0.1, 0.15) is 11.8 Å². The number of nitrogens with one attached hydrogen (secondary N) is 1. The van der Waals surface area contributed by atoms with Gasteiger partial charge in [-0.2, -0.15) is 0 Å². The minimum absolute atomic E-state index is 0.0738. The number of rotatable bonds is 5. The highest BCUT2D eigenvalue weighted by Crippen LogP contribution is 2.31. The van der Waals surface area contributed by atoms with Crippen LogP contribution in [0.15, 0.2) is 21.3 Å². The lowest BCUT2D eigenvalue weighted by molar-refractivity contribution is -0.00568. The quantitative estimate of drug-likeness (QED) is 0.572. The molecule has 1 heterocycles. The van der Waals surface area contributed by atoms with Crippen LogP contribution >= 0.6 is 0 Å². The van der Waals surface area contributed by atoms with Crippen molar-refractivity contribution in [3.63, 3.8) is 0 Å². The second kappa shape index (κ2) is 7.28. The molecule has 0 spiro atoms. The van der Waals surface area contributed by atoms with E-state index < -0.39 is 12.3 Å². The van der Waals surface area contributed by atoms with E-state index >= 15 is 0 Å². The Morgan fingerprint density at radius 1 is 1.16 bits per heavy atom. The number of aryl methyl sites for hydroxylation is 2. The zero-order valence-corrected chi connectivity index (χ0v) is 15.1. The lowest BCUT2D eigenvalue weighted by atomic mass is 9.87. The molecule has 1 aromatic heterocycles. The Balaban J connectivity index is 2.07. The molecule has 0 bridgehead atoms. The number of hydrogen-bond donors (Lipinski definition) is 3. The van der Waals surface area contributed by atoms with Crippen LogP contribution in [0.25, 0.3) is 11.0 Å². The van der Waals surface area contributed by atoms with Crippen molar-refractivity contribution in [2.45, 2.75) is 71.2 Å². The molecule has 0 amide bonds. The number of benzene rings is 1. The summed E-state index contributed by atoms with van der Waals surface area (Å²) in [5, 5.41) is 24.4. The van der Waals surface area contributed by atoms with Gasteiger partial charge in [0, 0.05) is 23.4 Å². The molecular weight excluding hydrogens is 318 g/mol. The van der Waals surface area contributed by atoms with Crippen LogP contribution in [0.4, 0.5) is 0 Å². The van der Waals surface area contributed by atoms with Crippen molar-refractivity contribution in [1.29, 1.82) is 0 Å². The van der Waals surface area contributed by atoms with Gasteiger partial charge in [0.05, 0.1) is 6.10 Å². The van der Waals surface area contributed by atoms with Gasteiger partial charge in [-0.05, 0) is 69.2 Å². The first kappa shape index (κ1) is 18.1. The van der Waals surface area contributed by atoms with Gasteiger partial charge in [-0.3, -0.25) is 5.32 Å². The molecule has 2 aromatic rings. The fourth-order valence-electron chi connectivity index (χ4n) is 3.77. The summed E-state index contributed by atoms with van der Waals surface area (Å²) in [5.74, 6) is 0. The first-order valence-corrected chi connectivity index (χ1v) is 9.07. The van der Waals surface area contributed by atoms with E-state index in [1.54, 1.807) is 0 Å². The second-order valence-corrected chi connectivity index (χ2v) is 7.39. The molecule has 1 aromatic carbocycles. The number of fused-ring (bicyclic) bond motifs is 3. The first-order valence-electron chi connectivity index (χ1n) is 9.07. The van der Waals surface area contributed by atoms with E-state index in [4.69, 9.17) is 4.42 Å². The highest BCUT2D eigenvalue weighted by atomic mass is 16.4. The molecular formula is C20H27NO4. The largest absolute Gasteiger partial charge is 0.422 e. The summed E-state index contributed by atoms with van der Waals surface area (Å²) in [6, 6.07) is 3.97. The Labute approximate surface area is 147 Å². The van der Waals surface area contributed by atoms with E-state index in [2.05, 4.69) is 5.32 Å². The Hall–Kier alpha value is -1.69. The van der Waals surface area contributed by atoms with Crippen molar-refractivity contribution >= 4 is 11.0 Å². The normalized spacial score (nSPS) is 16.9. The van der Waals surface area contributed by atoms with Crippen molar-refractivity contribution in [1.82, 2.24) is 5.32 Å². The molecule has 5 heteroatoms. The lowest BCUT2D eigenvalue weighted by Gasteiger charge is -2.23. The molecule has 0 fully saturated rings. The molecule has 0 saturated carbocycles. The predicted octanol–water partition coefficient (Wildman–Crippen LogP) is 2.20. The van der Waals surface area contributed by atoms with Crippen molar-refractivity contribution in [2.75, 3.05) is 0 Å². The third kappa shape index (κ3) is 3.78. The number of aliphatic hydroxyl groups excluding tert-OH is 2. The molecule has 3 rings (SSSR count). The maximum Gasteiger partial charge on any atom is 0.339 e. The van der Waals surface area contributed by atoms with Crippen molar-refractivity contribution < 1.29 is 14.6 Å². The standard InChI is InChI=1S/C20H27NO4/c1-11(2)21-19(23)16(22)10-13-8-12(3)9-17-18(13)14-6-4-5-7-15(14)20(24)25-17/h8-9,11,16,19,21-23H,4-7,10H2,1-3H3. The van der Waals surface area contributed by atoms with Crippen LogP contribution in [0.3, 0.4) is 0 Å². The monoisotopic (exact) mass is 345 g/mol. The Bertz CT molecular complexity index is 825. The molecule has 0 radical (unpaired) electrons. The van der Waals surface area contributed by atoms with Gasteiger partial charge >= 0.3 is 5.63 Å². The molecule has 5 nitrogen and oxygen atoms in total. The van der Waals surface area contributed by atoms with Gasteiger partial charge in [0.25, 0.3) is 0 Å². The first-order chi connectivity index (χ1) is 11.9. The maximum absolute atomic E-state index is 12.3. The molecule has 25 heavy (non-hydrogen) atoms. The van der Waals surface area contributed by atoms with E-state index in [9.17, 15) is 15.0 Å². The Morgan fingerprint density at radius 2 is 1.84 bits per heavy atom. The molecule has 1 aliphatic carbocycles. The molecule has 0 saturated heterocycles. The molecule has 1 aliphatic rings. The lowest BCUT2D eigenvalue weighted by Crippen LogP contribution is -2.44. The van der Waals surface area contributed by atoms with E-state index in [-0.39, 0.29) is 11.7 Å². The minimum Gasteiger partial charge on any atom is -0.422 e. The third-order valence-corrected chi connectivity index (χ3v) is 4.84. The zero-order chi connectivity index (χ0) is 18.1. The van der Waals surface area contributed by atoms with Crippen LogP contribution in [0.5, 0.6) is 0 Å². The average Bonchev–Trinajstić information content (AvgIpc) is 2.53. The SMILES string of the molecule is Cc1cc(CC(O)C(O)NC(C)C)c2c3c(c(=O)oc2c1)CCCC3. The Kier molecular flexibility index (Phi) is 5.27. The van der Waals surface area contributed by atoms with Gasteiger partial charge in [-0.25, -0.2) is 4.79 Å². The summed E-state index contributed by atoms with van der Waals surface area (Å²) in [5.41, 5.74) is 4.08. The molecule has 136 valence electrons. The van der Waals surface area contributed by atoms with Crippen LogP contribution in [-0.2, 0) is 19.3 Å². The van der Waals surface area contributed by atoms with Crippen molar-refractivity contribution in [3.05, 3.63) is 44.8 Å². The van der Waals surface area contributed by atoms with Crippen molar-refractivity contribution in [3.8, 4) is 0 Å². The summed E-state index contributed by atoms with van der Waals surface area (Å²) < 4.78 is 5.57. The smallest absolute Gasteiger partial charge is 0.339 e. The zero-order valence-electron chi connectivity index (χ0n) is 15.1. The number of aliphatic hydroxyl groups is 2. The summed E-state index contributed by atoms with van der Waals surface area (Å²) in [7, 11) is 0. The van der Waals surface area contributed by atoms with Crippen molar-refractivity contribution in [2.24, 2.45) is 0 Å². The second-order valence-electron chi connectivity index (χ2n) is 7.39. The summed E-state index contributed by atoms with van der Waals surface area (Å²) >= 11 is 0. The fraction of sp³-hybridized carbons (Fsp3) is 0.550. The predicted molar refractivity (Wildman–Crippen MR) is 97.9 cm³/mol. The summed E-state index contributed by atoms with van der Waals surface area (Å²) in [6.07, 6.45) is 2.04. The van der Waals surface area contributed by atoms with E-state index in [0.29, 0.717) is 12.0 Å². The van der Waals surface area contributed by atoms with Crippen LogP contribution in [0.2, 0.25) is 0 Å². The van der Waals surface area contributed by atoms with Crippen LogP contribution in [0.1, 0.15) is 48.9 Å². The molecule has 0 aliphatic heterocycles. The highest BCUT2D eigenvalue weighted by Gasteiger charge is 2.23. The number of hydrogen-bond acceptors (Lipinski definition) is 5. The highest BCUT2D eigenvalue weighted by molar-refractivity contribution is 5.86. The maximum atomic E-state index is 12.3. The van der Waals surface area contributed by atoms with Crippen LogP contribution in [0, 0.1) is 6.92 Å². The molecule has 2 atom stereocenters. The van der Waals surface area contributed by atoms with Gasteiger partial charge in [0.2, 0.25) is 0 Å². The summed E-state index contributed by atoms with van der Waals surface area (Å²) in [6.45, 7) is 5.78. The van der Waals surface area contributed by atoms with E-state index in [1.807, 2.05) is 32.9 Å². The van der Waals surface area contributed by atoms with Gasteiger partial charge < -0.3 is 14.6 Å². The van der Waals surface area contributed by atoms with Crippen LogP contribution < -0.4 is 10.9 Å². The summed E-state index contributed by atoms with van der Waals surface area (Å²) in [4.78, 5) is 12.3. The Morgan fingerprint density at radius 3 is 2.52 bits per heavy atom.